The van der Waals surface area contributed by atoms with Gasteiger partial charge in [-0.25, -0.2) is 9.36 Å². The summed E-state index contributed by atoms with van der Waals surface area (Å²) in [4.78, 5) is 42.2. The number of benzene rings is 1. The van der Waals surface area contributed by atoms with E-state index in [4.69, 9.17) is 18.5 Å². The van der Waals surface area contributed by atoms with Crippen LogP contribution >= 0.6 is 7.75 Å². The summed E-state index contributed by atoms with van der Waals surface area (Å²) >= 11 is 0. The molecule has 0 aliphatic carbocycles. The minimum atomic E-state index is -4.31. The number of hydrogen-bond acceptors (Lipinski definition) is 11. The number of esters is 1. The Labute approximate surface area is 228 Å². The quantitative estimate of drug-likeness (QED) is 0.0781. The fourth-order valence-electron chi connectivity index (χ4n) is 3.82. The second kappa shape index (κ2) is 13.0. The molecular weight excluding hydrogens is 549 g/mol. The van der Waals surface area contributed by atoms with Gasteiger partial charge in [0.25, 0.3) is 0 Å². The van der Waals surface area contributed by atoms with E-state index in [0.29, 0.717) is 6.41 Å². The van der Waals surface area contributed by atoms with Gasteiger partial charge < -0.3 is 24.4 Å². The summed E-state index contributed by atoms with van der Waals surface area (Å²) in [5, 5.41) is 19.5. The summed E-state index contributed by atoms with van der Waals surface area (Å²) in [6, 6.07) is 8.22. The molecule has 1 fully saturated rings. The van der Waals surface area contributed by atoms with E-state index in [-0.39, 0.29) is 11.6 Å². The zero-order valence-electron chi connectivity index (χ0n) is 22.1. The van der Waals surface area contributed by atoms with Crippen molar-refractivity contribution in [1.29, 1.82) is 0 Å². The van der Waals surface area contributed by atoms with Crippen LogP contribution in [0.4, 0.5) is 5.82 Å². The van der Waals surface area contributed by atoms with Crippen molar-refractivity contribution in [3.63, 3.8) is 0 Å². The Morgan fingerprint density at radius 1 is 1.35 bits per heavy atom. The topological polar surface area (TPSA) is 216 Å². The predicted octanol–water partition coefficient (Wildman–Crippen LogP) is 2.27. The van der Waals surface area contributed by atoms with Crippen molar-refractivity contribution in [3.05, 3.63) is 63.5 Å². The van der Waals surface area contributed by atoms with Crippen molar-refractivity contribution < 1.29 is 37.8 Å². The molecule has 1 amide bonds. The number of aromatic nitrogens is 2. The van der Waals surface area contributed by atoms with Gasteiger partial charge in [0.15, 0.2) is 6.23 Å². The molecule has 0 bridgehead atoms. The molecule has 0 saturated carbocycles. The molecule has 1 aromatic carbocycles. The molecule has 1 aromatic heterocycles. The van der Waals surface area contributed by atoms with Crippen molar-refractivity contribution in [2.45, 2.75) is 63.8 Å². The first-order valence-corrected chi connectivity index (χ1v) is 13.6. The Hall–Kier alpha value is -3.78. The van der Waals surface area contributed by atoms with E-state index < -0.39 is 62.1 Å². The van der Waals surface area contributed by atoms with E-state index in [1.165, 1.54) is 38.2 Å². The Kier molecular flexibility index (Phi) is 10.0. The zero-order valence-corrected chi connectivity index (χ0v) is 23.0. The lowest BCUT2D eigenvalue weighted by molar-refractivity contribution is -0.149. The molecular formula is C23H30N7O9P. The smallest absolute Gasteiger partial charge is 0.459 e. The van der Waals surface area contributed by atoms with Crippen LogP contribution in [0.15, 0.2) is 52.5 Å². The number of aliphatic hydroxyl groups is 1. The number of anilines is 1. The second-order valence-electron chi connectivity index (χ2n) is 9.19. The molecule has 2 heterocycles. The van der Waals surface area contributed by atoms with Crippen molar-refractivity contribution >= 4 is 25.9 Å². The number of azide groups is 1. The summed E-state index contributed by atoms with van der Waals surface area (Å²) in [6.45, 7) is 5.50. The maximum atomic E-state index is 13.8. The fraction of sp³-hybridized carbons (Fsp3) is 0.478. The van der Waals surface area contributed by atoms with Crippen LogP contribution in [-0.2, 0) is 28.2 Å². The molecule has 3 N–H and O–H groups in total. The molecule has 2 aromatic rings. The normalized spacial score (nSPS) is 24.4. The summed E-state index contributed by atoms with van der Waals surface area (Å²) in [7, 11) is -4.31. The molecule has 40 heavy (non-hydrogen) atoms. The first-order chi connectivity index (χ1) is 18.9. The van der Waals surface area contributed by atoms with Gasteiger partial charge in [-0.15, -0.1) is 0 Å². The Morgan fingerprint density at radius 2 is 2.05 bits per heavy atom. The third kappa shape index (κ3) is 7.24. The molecule has 16 nitrogen and oxygen atoms in total. The van der Waals surface area contributed by atoms with E-state index in [0.717, 1.165) is 4.57 Å². The summed E-state index contributed by atoms with van der Waals surface area (Å²) in [5.74, 6) is -0.576. The average molecular weight is 580 g/mol. The minimum absolute atomic E-state index is 0.0321. The van der Waals surface area contributed by atoms with Gasteiger partial charge in [0.2, 0.25) is 6.41 Å². The number of rotatable bonds is 13. The van der Waals surface area contributed by atoms with E-state index in [2.05, 4.69) is 25.4 Å². The number of nitrogens with one attached hydrogen (secondary N) is 2. The molecule has 1 unspecified atom stereocenters. The number of aliphatic hydroxyl groups excluding tert-OH is 1. The van der Waals surface area contributed by atoms with Crippen molar-refractivity contribution in [3.8, 4) is 5.75 Å². The second-order valence-corrected chi connectivity index (χ2v) is 10.9. The summed E-state index contributed by atoms with van der Waals surface area (Å²) in [5.41, 5.74) is 6.56. The molecule has 17 heteroatoms. The number of hydrogen-bond donors (Lipinski definition) is 3. The predicted molar refractivity (Wildman–Crippen MR) is 140 cm³/mol. The lowest BCUT2D eigenvalue weighted by Gasteiger charge is -2.28. The fourth-order valence-corrected chi connectivity index (χ4v) is 5.32. The monoisotopic (exact) mass is 579 g/mol. The zero-order chi connectivity index (χ0) is 29.5. The van der Waals surface area contributed by atoms with Crippen LogP contribution in [0.2, 0.25) is 0 Å². The molecule has 216 valence electrons. The van der Waals surface area contributed by atoms with Crippen LogP contribution in [0.25, 0.3) is 10.4 Å². The minimum Gasteiger partial charge on any atom is -0.462 e. The van der Waals surface area contributed by atoms with Crippen molar-refractivity contribution in [2.24, 2.45) is 5.11 Å². The first-order valence-electron chi connectivity index (χ1n) is 12.1. The lowest BCUT2D eigenvalue weighted by Crippen LogP contribution is -2.45. The van der Waals surface area contributed by atoms with Gasteiger partial charge in [-0.1, -0.05) is 23.3 Å². The standard InChI is InChI=1S/C23H30N7O9P/c1-14(2)37-20(33)15(3)27-40(35,39-16-8-6-5-7-9-16)36-12-17-19(32)23(4,28-29-24)21(38-17)30-11-10-18(25-13-31)26-22(30)34/h5-11,13-15,17,19,21,32H,12H2,1-4H3,(H,27,35)(H,25,26,31,34)/t15-,17+,19+,21+,23+,40?/m0/s1. The molecule has 1 saturated heterocycles. The highest BCUT2D eigenvalue weighted by atomic mass is 31.2. The van der Waals surface area contributed by atoms with E-state index >= 15 is 0 Å². The molecule has 1 aliphatic heterocycles. The Balaban J connectivity index is 1.87. The first kappa shape index (κ1) is 30.8. The third-order valence-corrected chi connectivity index (χ3v) is 7.38. The molecule has 0 radical (unpaired) electrons. The maximum Gasteiger partial charge on any atom is 0.459 e. The van der Waals surface area contributed by atoms with Gasteiger partial charge in [0, 0.05) is 11.1 Å². The van der Waals surface area contributed by atoms with Crippen LogP contribution < -0.4 is 20.6 Å². The number of para-hydroxylation sites is 1. The summed E-state index contributed by atoms with van der Waals surface area (Å²) in [6.07, 6.45) is -3.05. The van der Waals surface area contributed by atoms with Crippen LogP contribution in [0.1, 0.15) is 33.9 Å². The van der Waals surface area contributed by atoms with Gasteiger partial charge in [0.1, 0.15) is 29.3 Å². The average Bonchev–Trinajstić information content (AvgIpc) is 3.13. The van der Waals surface area contributed by atoms with Crippen LogP contribution in [0.3, 0.4) is 0 Å². The highest BCUT2D eigenvalue weighted by Crippen LogP contribution is 2.47. The third-order valence-electron chi connectivity index (χ3n) is 5.74. The molecule has 0 spiro atoms. The van der Waals surface area contributed by atoms with Gasteiger partial charge in [-0.3, -0.25) is 18.7 Å². The summed E-state index contributed by atoms with van der Waals surface area (Å²) < 4.78 is 36.9. The van der Waals surface area contributed by atoms with Gasteiger partial charge in [-0.05, 0) is 51.4 Å². The Morgan fingerprint density at radius 3 is 2.65 bits per heavy atom. The van der Waals surface area contributed by atoms with E-state index in [1.807, 2.05) is 0 Å². The number of carbonyl (C=O) groups is 2. The number of nitrogens with zero attached hydrogens (tertiary/aromatic N) is 5. The Bertz CT molecular complexity index is 1350. The highest BCUT2D eigenvalue weighted by molar-refractivity contribution is 7.52. The van der Waals surface area contributed by atoms with Gasteiger partial charge in [0.05, 0.1) is 18.8 Å². The van der Waals surface area contributed by atoms with E-state index in [9.17, 15) is 29.6 Å². The van der Waals surface area contributed by atoms with Crippen molar-refractivity contribution in [1.82, 2.24) is 14.6 Å². The van der Waals surface area contributed by atoms with Crippen LogP contribution in [0, 0.1) is 0 Å². The van der Waals surface area contributed by atoms with Crippen LogP contribution in [-0.4, -0.2) is 63.5 Å². The highest BCUT2D eigenvalue weighted by Gasteiger charge is 2.55. The molecule has 1 aliphatic rings. The van der Waals surface area contributed by atoms with Crippen molar-refractivity contribution in [2.75, 3.05) is 11.9 Å². The largest absolute Gasteiger partial charge is 0.462 e. The van der Waals surface area contributed by atoms with Gasteiger partial charge in [-0.2, -0.15) is 10.1 Å². The number of ether oxygens (including phenoxy) is 2. The lowest BCUT2D eigenvalue weighted by atomic mass is 9.93. The van der Waals surface area contributed by atoms with E-state index in [1.54, 1.807) is 32.0 Å². The molecule has 3 rings (SSSR count). The van der Waals surface area contributed by atoms with Crippen LogP contribution in [0.5, 0.6) is 5.75 Å². The molecule has 6 atom stereocenters. The SMILES string of the molecule is CC(C)OC(=O)[C@H](C)NP(=O)(OC[C@H]1O[C@@H](n2ccc(NC=O)nc2=O)[C@](C)(N=[N+]=[N-])[C@@H]1O)Oc1ccccc1. The number of amides is 1. The van der Waals surface area contributed by atoms with Gasteiger partial charge >= 0.3 is 19.4 Å². The maximum absolute atomic E-state index is 13.8. The number of carbonyl (C=O) groups excluding carboxylic acids is 2.